The predicted octanol–water partition coefficient (Wildman–Crippen LogP) is 1.25. The molecule has 0 radical (unpaired) electrons. The number of alkyl halides is 2. The van der Waals surface area contributed by atoms with Crippen molar-refractivity contribution >= 4 is 0 Å². The lowest BCUT2D eigenvalue weighted by Crippen LogP contribution is -2.21. The Kier molecular flexibility index (Phi) is 2.77. The summed E-state index contributed by atoms with van der Waals surface area (Å²) in [4.78, 5) is 0. The zero-order chi connectivity index (χ0) is 9.97. The third kappa shape index (κ3) is 1.92. The largest absolute Gasteiger partial charge is 0.306 e. The summed E-state index contributed by atoms with van der Waals surface area (Å²) in [5.74, 6) is 0. The van der Waals surface area contributed by atoms with Crippen LogP contribution in [0.4, 0.5) is 8.78 Å². The van der Waals surface area contributed by atoms with E-state index in [0.717, 1.165) is 25.0 Å². The lowest BCUT2D eigenvalue weighted by Gasteiger charge is -2.02. The minimum absolute atomic E-state index is 0.262. The van der Waals surface area contributed by atoms with Gasteiger partial charge in [-0.15, -0.1) is 0 Å². The van der Waals surface area contributed by atoms with Gasteiger partial charge in [-0.05, 0) is 24.8 Å². The first-order valence-corrected chi connectivity index (χ1v) is 4.81. The minimum Gasteiger partial charge on any atom is -0.306 e. The molecule has 3 nitrogen and oxygen atoms in total. The maximum Gasteiger partial charge on any atom is 0.250 e. The first-order chi connectivity index (χ1) is 6.77. The van der Waals surface area contributed by atoms with Crippen LogP contribution < -0.4 is 5.32 Å². The molecular formula is C9H13F2N3. The molecule has 1 aliphatic rings. The number of hydrogen-bond acceptors (Lipinski definition) is 2. The summed E-state index contributed by atoms with van der Waals surface area (Å²) >= 11 is 0. The number of aromatic nitrogens is 2. The SMILES string of the molecule is FC(F)CNCc1n[nH]c2c1CCC2. The van der Waals surface area contributed by atoms with Gasteiger partial charge in [0.05, 0.1) is 12.2 Å². The Balaban J connectivity index is 1.90. The molecule has 0 amide bonds. The second-order valence-corrected chi connectivity index (χ2v) is 3.50. The molecule has 0 saturated heterocycles. The van der Waals surface area contributed by atoms with Crippen LogP contribution >= 0.6 is 0 Å². The van der Waals surface area contributed by atoms with Crippen molar-refractivity contribution < 1.29 is 8.78 Å². The van der Waals surface area contributed by atoms with Crippen LogP contribution in [0.1, 0.15) is 23.4 Å². The molecule has 0 unspecified atom stereocenters. The molecule has 0 fully saturated rings. The van der Waals surface area contributed by atoms with Crippen molar-refractivity contribution in [2.24, 2.45) is 0 Å². The summed E-state index contributed by atoms with van der Waals surface area (Å²) in [5.41, 5.74) is 3.31. The molecule has 0 bridgehead atoms. The van der Waals surface area contributed by atoms with Crippen LogP contribution in [0.3, 0.4) is 0 Å². The van der Waals surface area contributed by atoms with E-state index in [2.05, 4.69) is 15.5 Å². The fraction of sp³-hybridized carbons (Fsp3) is 0.667. The first kappa shape index (κ1) is 9.58. The average Bonchev–Trinajstić information content (AvgIpc) is 2.67. The van der Waals surface area contributed by atoms with Crippen molar-refractivity contribution in [2.75, 3.05) is 6.54 Å². The van der Waals surface area contributed by atoms with Crippen LogP contribution in [0.5, 0.6) is 0 Å². The predicted molar refractivity (Wildman–Crippen MR) is 48.3 cm³/mol. The standard InChI is InChI=1S/C9H13F2N3/c10-9(11)5-12-4-8-6-2-1-3-7(6)13-14-8/h9,12H,1-5H2,(H,13,14). The monoisotopic (exact) mass is 201 g/mol. The van der Waals surface area contributed by atoms with E-state index in [1.807, 2.05) is 0 Å². The number of rotatable bonds is 4. The van der Waals surface area contributed by atoms with Crippen LogP contribution in [-0.4, -0.2) is 23.2 Å². The molecule has 2 N–H and O–H groups in total. The fourth-order valence-electron chi connectivity index (χ4n) is 1.83. The highest BCUT2D eigenvalue weighted by molar-refractivity contribution is 5.29. The van der Waals surface area contributed by atoms with E-state index in [0.29, 0.717) is 6.54 Å². The number of hydrogen-bond donors (Lipinski definition) is 2. The highest BCUT2D eigenvalue weighted by atomic mass is 19.3. The number of nitrogens with zero attached hydrogens (tertiary/aromatic N) is 1. The van der Waals surface area contributed by atoms with E-state index >= 15 is 0 Å². The molecule has 5 heteroatoms. The lowest BCUT2D eigenvalue weighted by molar-refractivity contribution is 0.145. The van der Waals surface area contributed by atoms with Crippen molar-refractivity contribution in [1.29, 1.82) is 0 Å². The molecule has 1 aliphatic carbocycles. The Hall–Kier alpha value is -0.970. The van der Waals surface area contributed by atoms with Gasteiger partial charge in [0.1, 0.15) is 0 Å². The van der Waals surface area contributed by atoms with Crippen LogP contribution in [-0.2, 0) is 19.4 Å². The van der Waals surface area contributed by atoms with Gasteiger partial charge in [-0.25, -0.2) is 8.78 Å². The van der Waals surface area contributed by atoms with Gasteiger partial charge in [-0.1, -0.05) is 0 Å². The van der Waals surface area contributed by atoms with Crippen LogP contribution in [0, 0.1) is 0 Å². The van der Waals surface area contributed by atoms with E-state index in [1.165, 1.54) is 11.3 Å². The summed E-state index contributed by atoms with van der Waals surface area (Å²) in [7, 11) is 0. The lowest BCUT2D eigenvalue weighted by atomic mass is 10.2. The molecule has 1 heterocycles. The molecule has 0 aromatic carbocycles. The van der Waals surface area contributed by atoms with Crippen LogP contribution in [0.25, 0.3) is 0 Å². The minimum atomic E-state index is -2.29. The highest BCUT2D eigenvalue weighted by Gasteiger charge is 2.17. The van der Waals surface area contributed by atoms with Gasteiger partial charge in [0.2, 0.25) is 0 Å². The maximum absolute atomic E-state index is 11.8. The quantitative estimate of drug-likeness (QED) is 0.769. The van der Waals surface area contributed by atoms with E-state index in [-0.39, 0.29) is 6.54 Å². The third-order valence-electron chi connectivity index (χ3n) is 2.48. The number of fused-ring (bicyclic) bond motifs is 1. The van der Waals surface area contributed by atoms with Crippen molar-refractivity contribution in [2.45, 2.75) is 32.2 Å². The number of H-pyrrole nitrogens is 1. The first-order valence-electron chi connectivity index (χ1n) is 4.81. The third-order valence-corrected chi connectivity index (χ3v) is 2.48. The maximum atomic E-state index is 11.8. The van der Waals surface area contributed by atoms with E-state index in [4.69, 9.17) is 0 Å². The number of halogens is 2. The molecule has 1 aromatic heterocycles. The summed E-state index contributed by atoms with van der Waals surface area (Å²) < 4.78 is 23.7. The molecule has 1 aromatic rings. The van der Waals surface area contributed by atoms with Gasteiger partial charge in [0.15, 0.2) is 0 Å². The van der Waals surface area contributed by atoms with Crippen molar-refractivity contribution in [3.8, 4) is 0 Å². The normalized spacial score (nSPS) is 15.1. The molecular weight excluding hydrogens is 188 g/mol. The number of nitrogens with one attached hydrogen (secondary N) is 2. The Morgan fingerprint density at radius 3 is 3.07 bits per heavy atom. The van der Waals surface area contributed by atoms with Crippen molar-refractivity contribution in [3.63, 3.8) is 0 Å². The smallest absolute Gasteiger partial charge is 0.250 e. The van der Waals surface area contributed by atoms with E-state index in [9.17, 15) is 8.78 Å². The fourth-order valence-corrected chi connectivity index (χ4v) is 1.83. The van der Waals surface area contributed by atoms with Gasteiger partial charge in [-0.3, -0.25) is 5.10 Å². The summed E-state index contributed by atoms with van der Waals surface area (Å²) in [6, 6.07) is 0. The van der Waals surface area contributed by atoms with Crippen LogP contribution in [0.15, 0.2) is 0 Å². The molecule has 2 rings (SSSR count). The molecule has 78 valence electrons. The van der Waals surface area contributed by atoms with Crippen molar-refractivity contribution in [3.05, 3.63) is 17.0 Å². The Morgan fingerprint density at radius 2 is 2.29 bits per heavy atom. The van der Waals surface area contributed by atoms with Gasteiger partial charge in [0.25, 0.3) is 6.43 Å². The zero-order valence-electron chi connectivity index (χ0n) is 7.82. The molecule has 14 heavy (non-hydrogen) atoms. The second kappa shape index (κ2) is 4.04. The van der Waals surface area contributed by atoms with Crippen LogP contribution in [0.2, 0.25) is 0 Å². The zero-order valence-corrected chi connectivity index (χ0v) is 7.82. The molecule has 0 saturated carbocycles. The summed E-state index contributed by atoms with van der Waals surface area (Å²) in [6.45, 7) is 0.178. The number of aromatic amines is 1. The van der Waals surface area contributed by atoms with Gasteiger partial charge < -0.3 is 5.32 Å². The summed E-state index contributed by atoms with van der Waals surface area (Å²) in [6.07, 6.45) is 0.919. The van der Waals surface area contributed by atoms with Gasteiger partial charge in [0, 0.05) is 12.2 Å². The van der Waals surface area contributed by atoms with Gasteiger partial charge >= 0.3 is 0 Å². The molecule has 0 spiro atoms. The topological polar surface area (TPSA) is 40.7 Å². The van der Waals surface area contributed by atoms with Gasteiger partial charge in [-0.2, -0.15) is 5.10 Å². The van der Waals surface area contributed by atoms with E-state index < -0.39 is 6.43 Å². The second-order valence-electron chi connectivity index (χ2n) is 3.50. The summed E-state index contributed by atoms with van der Waals surface area (Å²) in [5, 5.41) is 9.73. The Morgan fingerprint density at radius 1 is 1.43 bits per heavy atom. The Bertz CT molecular complexity index is 309. The molecule has 0 aliphatic heterocycles. The highest BCUT2D eigenvalue weighted by Crippen LogP contribution is 2.22. The average molecular weight is 201 g/mol. The molecule has 0 atom stereocenters. The van der Waals surface area contributed by atoms with Crippen molar-refractivity contribution in [1.82, 2.24) is 15.5 Å². The Labute approximate surface area is 80.9 Å². The van der Waals surface area contributed by atoms with E-state index in [1.54, 1.807) is 0 Å². The number of aryl methyl sites for hydroxylation is 1.